The number of aromatic nitrogens is 1. The molecule has 1 aliphatic rings. The average Bonchev–Trinajstić information content (AvgIpc) is 3.67. The third-order valence-corrected chi connectivity index (χ3v) is 7.37. The van der Waals surface area contributed by atoms with E-state index in [9.17, 15) is 4.79 Å². The Morgan fingerprint density at radius 2 is 1.85 bits per heavy atom. The molecule has 2 aromatic heterocycles. The molecule has 0 saturated carbocycles. The molecule has 0 bridgehead atoms. The minimum Gasteiger partial charge on any atom is -0.380 e. The van der Waals surface area contributed by atoms with Crippen molar-refractivity contribution in [2.75, 3.05) is 42.6 Å². The highest BCUT2D eigenvalue weighted by molar-refractivity contribution is 7.12. The van der Waals surface area contributed by atoms with Crippen molar-refractivity contribution >= 4 is 51.2 Å². The van der Waals surface area contributed by atoms with E-state index in [2.05, 4.69) is 43.2 Å². The number of pyridine rings is 1. The first-order chi connectivity index (χ1) is 20.1. The maximum Gasteiger partial charge on any atom is 0.267 e. The summed E-state index contributed by atoms with van der Waals surface area (Å²) in [7, 11) is 2.17. The van der Waals surface area contributed by atoms with Crippen molar-refractivity contribution in [3.05, 3.63) is 82.7 Å². The summed E-state index contributed by atoms with van der Waals surface area (Å²) in [5.41, 5.74) is 4.16. The number of fused-ring (bicyclic) bond motifs is 1. The molecule has 1 saturated heterocycles. The van der Waals surface area contributed by atoms with Crippen molar-refractivity contribution in [2.24, 2.45) is 4.99 Å². The number of guanidine groups is 1. The molecule has 0 spiro atoms. The van der Waals surface area contributed by atoms with Gasteiger partial charge in [-0.15, -0.1) is 11.3 Å². The van der Waals surface area contributed by atoms with E-state index in [4.69, 9.17) is 5.26 Å². The molecule has 3 heterocycles. The molecule has 0 atom stereocenters. The molecule has 4 N–H and O–H groups in total. The Morgan fingerprint density at radius 3 is 2.59 bits per heavy atom. The average molecular weight is 569 g/mol. The summed E-state index contributed by atoms with van der Waals surface area (Å²) < 4.78 is 0. The lowest BCUT2D eigenvalue weighted by Crippen LogP contribution is -2.27. The Morgan fingerprint density at radius 1 is 1.07 bits per heavy atom. The predicted molar refractivity (Wildman–Crippen MR) is 169 cm³/mol. The van der Waals surface area contributed by atoms with Crippen LogP contribution in [0, 0.1) is 11.5 Å². The molecule has 9 nitrogen and oxygen atoms in total. The molecule has 1 aliphatic heterocycles. The van der Waals surface area contributed by atoms with E-state index in [1.807, 2.05) is 73.1 Å². The summed E-state index contributed by atoms with van der Waals surface area (Å²) in [6.07, 6.45) is 7.37. The number of nitrogens with one attached hydrogen (secondary N) is 4. The van der Waals surface area contributed by atoms with E-state index in [0.717, 1.165) is 28.6 Å². The highest BCUT2D eigenvalue weighted by atomic mass is 32.1. The van der Waals surface area contributed by atoms with E-state index in [-0.39, 0.29) is 5.91 Å². The van der Waals surface area contributed by atoms with Gasteiger partial charge in [-0.3, -0.25) is 20.1 Å². The van der Waals surface area contributed by atoms with Gasteiger partial charge in [0.05, 0.1) is 11.2 Å². The number of likely N-dealkylation sites (tertiary alicyclic amines) is 1. The molecule has 4 aromatic rings. The molecular formula is C31H36N8OS. The lowest BCUT2D eigenvalue weighted by molar-refractivity contribution is 0.103. The molecule has 10 heteroatoms. The minimum atomic E-state index is -0.200. The van der Waals surface area contributed by atoms with Crippen molar-refractivity contribution < 1.29 is 4.79 Å². The summed E-state index contributed by atoms with van der Waals surface area (Å²) >= 11 is 1.38. The number of thiophene rings is 1. The van der Waals surface area contributed by atoms with Gasteiger partial charge in [0.25, 0.3) is 5.91 Å². The summed E-state index contributed by atoms with van der Waals surface area (Å²) in [6, 6.07) is 19.2. The Hall–Kier alpha value is -4.46. The van der Waals surface area contributed by atoms with Crippen LogP contribution in [0.4, 0.5) is 17.1 Å². The van der Waals surface area contributed by atoms with Gasteiger partial charge in [0, 0.05) is 36.0 Å². The zero-order valence-electron chi connectivity index (χ0n) is 23.5. The van der Waals surface area contributed by atoms with Gasteiger partial charge in [-0.1, -0.05) is 31.2 Å². The van der Waals surface area contributed by atoms with Gasteiger partial charge < -0.3 is 20.9 Å². The van der Waals surface area contributed by atoms with E-state index < -0.39 is 0 Å². The first kappa shape index (κ1) is 29.5. The highest BCUT2D eigenvalue weighted by Gasteiger charge is 2.14. The topological polar surface area (TPSA) is 117 Å². The van der Waals surface area contributed by atoms with Crippen molar-refractivity contribution in [2.45, 2.75) is 32.7 Å². The van der Waals surface area contributed by atoms with Crippen molar-refractivity contribution in [1.82, 2.24) is 15.2 Å². The van der Waals surface area contributed by atoms with Gasteiger partial charge in [0.2, 0.25) is 5.96 Å². The molecule has 1 fully saturated rings. The number of anilines is 3. The quantitative estimate of drug-likeness (QED) is 0.0875. The van der Waals surface area contributed by atoms with Crippen LogP contribution in [0.5, 0.6) is 0 Å². The Balaban J connectivity index is 0.000000572. The van der Waals surface area contributed by atoms with Gasteiger partial charge in [-0.05, 0) is 86.7 Å². The van der Waals surface area contributed by atoms with Gasteiger partial charge in [0.15, 0.2) is 6.19 Å². The van der Waals surface area contributed by atoms with E-state index in [0.29, 0.717) is 35.3 Å². The number of para-hydroxylation sites is 1. The van der Waals surface area contributed by atoms with Gasteiger partial charge in [-0.25, -0.2) is 0 Å². The van der Waals surface area contributed by atoms with Crippen LogP contribution in [0.25, 0.3) is 10.9 Å². The Kier molecular flexibility index (Phi) is 11.1. The fourth-order valence-corrected chi connectivity index (χ4v) is 5.15. The van der Waals surface area contributed by atoms with E-state index in [1.54, 1.807) is 12.3 Å². The standard InChI is InChI=1S/C26H25N7OS.C5H11N/c1-2-12-29-26(31-17-27)33-20-7-5-6-19(15-20)32-25(34)24-23(11-14-35-24)30-16-18-10-13-28-22-9-4-3-8-21(18)22;1-6-4-2-3-5-6/h3-11,13-15,30H,2,12,16H2,1H3,(H,32,34)(H2,29,31,33);2-5H2,1H3. The molecule has 1 amide bonds. The normalized spacial score (nSPS) is 13.1. The molecule has 5 rings (SSSR count). The molecule has 212 valence electrons. The van der Waals surface area contributed by atoms with Crippen LogP contribution in [0.3, 0.4) is 0 Å². The van der Waals surface area contributed by atoms with Gasteiger partial charge >= 0.3 is 0 Å². The smallest absolute Gasteiger partial charge is 0.267 e. The van der Waals surface area contributed by atoms with Crippen LogP contribution in [0.15, 0.2) is 77.2 Å². The van der Waals surface area contributed by atoms with Gasteiger partial charge in [-0.2, -0.15) is 5.26 Å². The lowest BCUT2D eigenvalue weighted by Gasteiger charge is -2.12. The van der Waals surface area contributed by atoms with Crippen molar-refractivity contribution in [1.29, 1.82) is 5.26 Å². The number of benzene rings is 2. The van der Waals surface area contributed by atoms with Crippen molar-refractivity contribution in [3.8, 4) is 6.19 Å². The Bertz CT molecular complexity index is 1500. The SMILES string of the molecule is CCCN=C(NC#N)Nc1cccc(NC(=O)c2sccc2NCc2ccnc3ccccc23)c1.CN1CCCC1. The monoisotopic (exact) mass is 568 g/mol. The van der Waals surface area contributed by atoms with Crippen LogP contribution in [-0.4, -0.2) is 48.4 Å². The third kappa shape index (κ3) is 8.76. The predicted octanol–water partition coefficient (Wildman–Crippen LogP) is 6.12. The van der Waals surface area contributed by atoms with Crippen LogP contribution in [0.1, 0.15) is 41.4 Å². The number of hydrogen-bond acceptors (Lipinski definition) is 7. The minimum absolute atomic E-state index is 0.200. The fraction of sp³-hybridized carbons (Fsp3) is 0.290. The van der Waals surface area contributed by atoms with Gasteiger partial charge in [0.1, 0.15) is 4.88 Å². The largest absolute Gasteiger partial charge is 0.380 e. The summed E-state index contributed by atoms with van der Waals surface area (Å²) in [5.74, 6) is 0.167. The first-order valence-corrected chi connectivity index (χ1v) is 14.7. The fourth-order valence-electron chi connectivity index (χ4n) is 4.39. The zero-order chi connectivity index (χ0) is 28.9. The lowest BCUT2D eigenvalue weighted by atomic mass is 10.1. The number of aliphatic imine (C=N–C) groups is 1. The van der Waals surface area contributed by atoms with Crippen LogP contribution in [-0.2, 0) is 6.54 Å². The maximum atomic E-state index is 13.0. The number of carbonyl (C=O) groups is 1. The molecule has 2 aromatic carbocycles. The van der Waals surface area contributed by atoms with E-state index >= 15 is 0 Å². The second-order valence-corrected chi connectivity index (χ2v) is 10.6. The van der Waals surface area contributed by atoms with Crippen LogP contribution >= 0.6 is 11.3 Å². The summed E-state index contributed by atoms with van der Waals surface area (Å²) in [5, 5.41) is 23.9. The Labute approximate surface area is 245 Å². The van der Waals surface area contributed by atoms with Crippen LogP contribution in [0.2, 0.25) is 0 Å². The third-order valence-electron chi connectivity index (χ3n) is 6.46. The number of rotatable bonds is 8. The number of nitriles is 1. The van der Waals surface area contributed by atoms with Crippen LogP contribution < -0.4 is 21.3 Å². The molecule has 0 unspecified atom stereocenters. The number of hydrogen-bond donors (Lipinski definition) is 4. The first-order valence-electron chi connectivity index (χ1n) is 13.8. The molecular weight excluding hydrogens is 532 g/mol. The second-order valence-electron chi connectivity index (χ2n) is 9.64. The molecule has 0 aliphatic carbocycles. The molecule has 0 radical (unpaired) electrons. The second kappa shape index (κ2) is 15.4. The van der Waals surface area contributed by atoms with Crippen molar-refractivity contribution in [3.63, 3.8) is 0 Å². The number of nitrogens with zero attached hydrogens (tertiary/aromatic N) is 4. The summed E-state index contributed by atoms with van der Waals surface area (Å²) in [4.78, 5) is 24.7. The maximum absolute atomic E-state index is 13.0. The van der Waals surface area contributed by atoms with E-state index in [1.165, 1.54) is 37.3 Å². The zero-order valence-corrected chi connectivity index (χ0v) is 24.3. The number of carbonyl (C=O) groups excluding carboxylic acids is 1. The number of amides is 1. The highest BCUT2D eigenvalue weighted by Crippen LogP contribution is 2.26. The molecule has 41 heavy (non-hydrogen) atoms. The summed E-state index contributed by atoms with van der Waals surface area (Å²) in [6.45, 7) is 5.82.